The van der Waals surface area contributed by atoms with Crippen LogP contribution in [0.4, 0.5) is 0 Å². The Labute approximate surface area is 108 Å². The molecular weight excluding hydrogens is 224 g/mol. The average molecular weight is 244 g/mol. The van der Waals surface area contributed by atoms with E-state index in [2.05, 4.69) is 28.9 Å². The zero-order valence-corrected chi connectivity index (χ0v) is 11.4. The number of aryl methyl sites for hydroxylation is 1. The van der Waals surface area contributed by atoms with Crippen molar-refractivity contribution < 1.29 is 4.79 Å². The first kappa shape index (κ1) is 12.8. The van der Waals surface area contributed by atoms with Gasteiger partial charge in [0.05, 0.1) is 0 Å². The van der Waals surface area contributed by atoms with Crippen LogP contribution in [0.3, 0.4) is 0 Å². The number of aromatic nitrogens is 1. The van der Waals surface area contributed by atoms with Crippen molar-refractivity contribution >= 4 is 16.7 Å². The second-order valence-electron chi connectivity index (χ2n) is 5.09. The molecule has 1 aromatic heterocycles. The van der Waals surface area contributed by atoms with Crippen LogP contribution in [-0.2, 0) is 4.79 Å². The molecule has 0 saturated carbocycles. The van der Waals surface area contributed by atoms with E-state index in [0.717, 1.165) is 11.2 Å². The SMILES string of the molecule is CC(=O)CC(c1c(C)[nH]c2ccccc12)N(C)C. The summed E-state index contributed by atoms with van der Waals surface area (Å²) in [5.41, 5.74) is 3.53. The van der Waals surface area contributed by atoms with E-state index >= 15 is 0 Å². The summed E-state index contributed by atoms with van der Waals surface area (Å²) in [6, 6.07) is 8.40. The van der Waals surface area contributed by atoms with Gasteiger partial charge in [0, 0.05) is 29.1 Å². The first-order valence-electron chi connectivity index (χ1n) is 6.23. The largest absolute Gasteiger partial charge is 0.358 e. The monoisotopic (exact) mass is 244 g/mol. The molecule has 3 nitrogen and oxygen atoms in total. The van der Waals surface area contributed by atoms with Gasteiger partial charge in [0.1, 0.15) is 5.78 Å². The molecule has 96 valence electrons. The minimum absolute atomic E-state index is 0.138. The van der Waals surface area contributed by atoms with Gasteiger partial charge in [0.25, 0.3) is 0 Å². The standard InChI is InChI=1S/C15H20N2O/c1-10(18)9-14(17(3)4)15-11(2)16-13-8-6-5-7-12(13)15/h5-8,14,16H,9H2,1-4H3. The van der Waals surface area contributed by atoms with Gasteiger partial charge in [0.15, 0.2) is 0 Å². The van der Waals surface area contributed by atoms with Crippen LogP contribution in [0.25, 0.3) is 10.9 Å². The number of para-hydroxylation sites is 1. The van der Waals surface area contributed by atoms with Crippen molar-refractivity contribution in [1.29, 1.82) is 0 Å². The number of hydrogen-bond acceptors (Lipinski definition) is 2. The molecule has 18 heavy (non-hydrogen) atoms. The number of Topliss-reactive ketones (excluding diaryl/α,β-unsaturated/α-hetero) is 1. The van der Waals surface area contributed by atoms with Crippen molar-refractivity contribution in [3.8, 4) is 0 Å². The van der Waals surface area contributed by atoms with Gasteiger partial charge in [-0.15, -0.1) is 0 Å². The van der Waals surface area contributed by atoms with E-state index < -0.39 is 0 Å². The van der Waals surface area contributed by atoms with Crippen LogP contribution in [-0.4, -0.2) is 29.8 Å². The molecule has 1 aromatic carbocycles. The van der Waals surface area contributed by atoms with Crippen LogP contribution in [0.1, 0.15) is 30.6 Å². The molecule has 0 saturated heterocycles. The minimum Gasteiger partial charge on any atom is -0.358 e. The fourth-order valence-corrected chi connectivity index (χ4v) is 2.54. The molecule has 0 fully saturated rings. The van der Waals surface area contributed by atoms with E-state index in [9.17, 15) is 4.79 Å². The van der Waals surface area contributed by atoms with E-state index in [0.29, 0.717) is 6.42 Å². The predicted molar refractivity (Wildman–Crippen MR) is 74.8 cm³/mol. The summed E-state index contributed by atoms with van der Waals surface area (Å²) in [6.07, 6.45) is 0.551. The number of aromatic amines is 1. The Morgan fingerprint density at radius 1 is 1.33 bits per heavy atom. The molecule has 1 N–H and O–H groups in total. The highest BCUT2D eigenvalue weighted by molar-refractivity contribution is 5.86. The zero-order chi connectivity index (χ0) is 13.3. The Balaban J connectivity index is 2.56. The summed E-state index contributed by atoms with van der Waals surface area (Å²) in [5, 5.41) is 1.22. The molecule has 0 aliphatic heterocycles. The number of nitrogens with zero attached hydrogens (tertiary/aromatic N) is 1. The molecule has 0 aliphatic rings. The third-order valence-electron chi connectivity index (χ3n) is 3.38. The molecule has 2 aromatic rings. The van der Waals surface area contributed by atoms with Gasteiger partial charge in [-0.1, -0.05) is 18.2 Å². The number of ketones is 1. The Morgan fingerprint density at radius 2 is 2.00 bits per heavy atom. The maximum Gasteiger partial charge on any atom is 0.131 e. The molecule has 1 unspecified atom stereocenters. The Morgan fingerprint density at radius 3 is 2.61 bits per heavy atom. The fraction of sp³-hybridized carbons (Fsp3) is 0.400. The van der Waals surface area contributed by atoms with Gasteiger partial charge in [-0.05, 0) is 39.6 Å². The van der Waals surface area contributed by atoms with Crippen LogP contribution in [0.5, 0.6) is 0 Å². The van der Waals surface area contributed by atoms with Crippen molar-refractivity contribution in [3.63, 3.8) is 0 Å². The summed E-state index contributed by atoms with van der Waals surface area (Å²) < 4.78 is 0. The van der Waals surface area contributed by atoms with Crippen molar-refractivity contribution in [2.24, 2.45) is 0 Å². The van der Waals surface area contributed by atoms with Crippen molar-refractivity contribution in [3.05, 3.63) is 35.5 Å². The highest BCUT2D eigenvalue weighted by Crippen LogP contribution is 2.32. The molecule has 0 spiro atoms. The van der Waals surface area contributed by atoms with Crippen LogP contribution >= 0.6 is 0 Å². The molecule has 3 heteroatoms. The molecule has 1 atom stereocenters. The van der Waals surface area contributed by atoms with Crippen LogP contribution in [0, 0.1) is 6.92 Å². The Bertz CT molecular complexity index is 569. The summed E-state index contributed by atoms with van der Waals surface area (Å²) in [5.74, 6) is 0.221. The van der Waals surface area contributed by atoms with Gasteiger partial charge in [0.2, 0.25) is 0 Å². The number of fused-ring (bicyclic) bond motifs is 1. The predicted octanol–water partition coefficient (Wildman–Crippen LogP) is 3.06. The summed E-state index contributed by atoms with van der Waals surface area (Å²) in [7, 11) is 4.05. The molecule has 0 amide bonds. The number of nitrogens with one attached hydrogen (secondary N) is 1. The van der Waals surface area contributed by atoms with Gasteiger partial charge < -0.3 is 9.88 Å². The van der Waals surface area contributed by atoms with Crippen molar-refractivity contribution in [1.82, 2.24) is 9.88 Å². The first-order chi connectivity index (χ1) is 8.50. The second kappa shape index (κ2) is 4.94. The summed E-state index contributed by atoms with van der Waals surface area (Å²) in [4.78, 5) is 17.0. The number of benzene rings is 1. The van der Waals surface area contributed by atoms with E-state index in [1.54, 1.807) is 6.92 Å². The maximum atomic E-state index is 11.5. The smallest absolute Gasteiger partial charge is 0.131 e. The van der Waals surface area contributed by atoms with Crippen LogP contribution < -0.4 is 0 Å². The lowest BCUT2D eigenvalue weighted by molar-refractivity contribution is -0.118. The average Bonchev–Trinajstić information content (AvgIpc) is 2.61. The van der Waals surface area contributed by atoms with Gasteiger partial charge >= 0.3 is 0 Å². The highest BCUT2D eigenvalue weighted by atomic mass is 16.1. The first-order valence-corrected chi connectivity index (χ1v) is 6.23. The van der Waals surface area contributed by atoms with Gasteiger partial charge in [-0.25, -0.2) is 0 Å². The number of rotatable bonds is 4. The summed E-state index contributed by atoms with van der Waals surface area (Å²) >= 11 is 0. The van der Waals surface area contributed by atoms with E-state index in [1.165, 1.54) is 10.9 Å². The van der Waals surface area contributed by atoms with Crippen LogP contribution in [0.15, 0.2) is 24.3 Å². The quantitative estimate of drug-likeness (QED) is 0.897. The second-order valence-corrected chi connectivity index (χ2v) is 5.09. The maximum absolute atomic E-state index is 11.5. The molecule has 0 bridgehead atoms. The topological polar surface area (TPSA) is 36.1 Å². The Hall–Kier alpha value is -1.61. The molecule has 0 radical (unpaired) electrons. The van der Waals surface area contributed by atoms with Crippen molar-refractivity contribution in [2.75, 3.05) is 14.1 Å². The number of carbonyl (C=O) groups is 1. The lowest BCUT2D eigenvalue weighted by Crippen LogP contribution is -2.22. The van der Waals surface area contributed by atoms with E-state index in [4.69, 9.17) is 0 Å². The molecular formula is C15H20N2O. The lowest BCUT2D eigenvalue weighted by Gasteiger charge is -2.24. The van der Waals surface area contributed by atoms with Gasteiger partial charge in [-0.3, -0.25) is 4.79 Å². The number of hydrogen-bond donors (Lipinski definition) is 1. The lowest BCUT2D eigenvalue weighted by atomic mass is 9.98. The van der Waals surface area contributed by atoms with E-state index in [1.807, 2.05) is 26.2 Å². The third-order valence-corrected chi connectivity index (χ3v) is 3.38. The highest BCUT2D eigenvalue weighted by Gasteiger charge is 2.21. The van der Waals surface area contributed by atoms with E-state index in [-0.39, 0.29) is 11.8 Å². The van der Waals surface area contributed by atoms with Gasteiger partial charge in [-0.2, -0.15) is 0 Å². The van der Waals surface area contributed by atoms with Crippen LogP contribution in [0.2, 0.25) is 0 Å². The fourth-order valence-electron chi connectivity index (χ4n) is 2.54. The number of carbonyl (C=O) groups excluding carboxylic acids is 1. The Kier molecular flexibility index (Phi) is 3.53. The minimum atomic E-state index is 0.138. The molecule has 1 heterocycles. The third kappa shape index (κ3) is 2.31. The normalized spacial score (nSPS) is 13.2. The summed E-state index contributed by atoms with van der Waals surface area (Å²) in [6.45, 7) is 3.73. The molecule has 0 aliphatic carbocycles. The molecule has 2 rings (SSSR count). The van der Waals surface area contributed by atoms with Crippen molar-refractivity contribution in [2.45, 2.75) is 26.3 Å². The number of H-pyrrole nitrogens is 1. The zero-order valence-electron chi connectivity index (χ0n) is 11.4.